The van der Waals surface area contributed by atoms with Crippen LogP contribution in [0.4, 0.5) is 0 Å². The molecule has 0 aromatic heterocycles. The first-order chi connectivity index (χ1) is 9.96. The van der Waals surface area contributed by atoms with Crippen molar-refractivity contribution in [2.24, 2.45) is 5.73 Å². The molecule has 0 spiro atoms. The Bertz CT molecular complexity index is 681. The molecule has 0 radical (unpaired) electrons. The Morgan fingerprint density at radius 1 is 1.00 bits per heavy atom. The maximum absolute atomic E-state index is 12.6. The maximum Gasteiger partial charge on any atom is 0.182 e. The summed E-state index contributed by atoms with van der Waals surface area (Å²) in [6, 6.07) is 15.0. The van der Waals surface area contributed by atoms with Crippen LogP contribution in [-0.2, 0) is 9.84 Å². The Hall–Kier alpha value is -1.85. The van der Waals surface area contributed by atoms with Gasteiger partial charge in [0.25, 0.3) is 0 Å². The van der Waals surface area contributed by atoms with E-state index < -0.39 is 21.1 Å². The first-order valence-corrected chi connectivity index (χ1v) is 8.20. The molecule has 2 aromatic rings. The summed E-state index contributed by atoms with van der Waals surface area (Å²) in [6.45, 7) is 1.64. The van der Waals surface area contributed by atoms with Crippen LogP contribution in [-0.4, -0.2) is 20.8 Å². The molecule has 0 saturated carbocycles. The second-order valence-corrected chi connectivity index (χ2v) is 7.17. The lowest BCUT2D eigenvalue weighted by Gasteiger charge is -2.20. The molecule has 4 nitrogen and oxygen atoms in total. The number of benzene rings is 2. The summed E-state index contributed by atoms with van der Waals surface area (Å²) in [4.78, 5) is 0.252. The summed E-state index contributed by atoms with van der Waals surface area (Å²) in [5, 5.41) is -0.715. The van der Waals surface area contributed by atoms with Crippen LogP contribution in [0.15, 0.2) is 59.5 Å². The molecule has 0 aliphatic heterocycles. The van der Waals surface area contributed by atoms with E-state index in [4.69, 9.17) is 10.5 Å². The Balaban J connectivity index is 2.29. The van der Waals surface area contributed by atoms with E-state index in [0.717, 1.165) is 5.56 Å². The van der Waals surface area contributed by atoms with Gasteiger partial charge in [-0.05, 0) is 36.8 Å². The van der Waals surface area contributed by atoms with Crippen LogP contribution in [0.1, 0.15) is 18.5 Å². The number of methoxy groups -OCH3 is 1. The van der Waals surface area contributed by atoms with Gasteiger partial charge < -0.3 is 10.5 Å². The number of hydrogen-bond donors (Lipinski definition) is 1. The quantitative estimate of drug-likeness (QED) is 0.921. The summed E-state index contributed by atoms with van der Waals surface area (Å²) in [6.07, 6.45) is 0. The molecule has 0 aliphatic carbocycles. The molecule has 2 atom stereocenters. The smallest absolute Gasteiger partial charge is 0.182 e. The highest BCUT2D eigenvalue weighted by Gasteiger charge is 2.29. The van der Waals surface area contributed by atoms with Gasteiger partial charge >= 0.3 is 0 Å². The fourth-order valence-corrected chi connectivity index (χ4v) is 3.61. The van der Waals surface area contributed by atoms with Crippen molar-refractivity contribution < 1.29 is 13.2 Å². The third kappa shape index (κ3) is 3.25. The first-order valence-electron chi connectivity index (χ1n) is 6.65. The van der Waals surface area contributed by atoms with E-state index in [2.05, 4.69) is 0 Å². The molecule has 0 bridgehead atoms. The lowest BCUT2D eigenvalue weighted by atomic mass is 10.1. The normalized spacial score (nSPS) is 14.4. The van der Waals surface area contributed by atoms with Crippen molar-refractivity contribution in [2.45, 2.75) is 23.1 Å². The van der Waals surface area contributed by atoms with Gasteiger partial charge in [0.05, 0.1) is 17.3 Å². The van der Waals surface area contributed by atoms with E-state index in [1.807, 2.05) is 30.3 Å². The van der Waals surface area contributed by atoms with E-state index >= 15 is 0 Å². The standard InChI is InChI=1S/C16H19NO3S/c1-12(16(17)13-6-4-3-5-7-13)21(18,19)15-10-8-14(20-2)9-11-15/h3-12,16H,17H2,1-2H3. The van der Waals surface area contributed by atoms with Gasteiger partial charge in [-0.1, -0.05) is 30.3 Å². The average molecular weight is 305 g/mol. The van der Waals surface area contributed by atoms with Crippen molar-refractivity contribution >= 4 is 9.84 Å². The topological polar surface area (TPSA) is 69.4 Å². The Labute approximate surface area is 125 Å². The highest BCUT2D eigenvalue weighted by molar-refractivity contribution is 7.92. The molecule has 112 valence electrons. The molecule has 0 aliphatic rings. The van der Waals surface area contributed by atoms with Crippen molar-refractivity contribution in [1.29, 1.82) is 0 Å². The molecular formula is C16H19NO3S. The number of sulfone groups is 1. The predicted molar refractivity (Wildman–Crippen MR) is 83.0 cm³/mol. The van der Waals surface area contributed by atoms with Crippen molar-refractivity contribution in [1.82, 2.24) is 0 Å². The maximum atomic E-state index is 12.6. The lowest BCUT2D eigenvalue weighted by molar-refractivity contribution is 0.414. The second kappa shape index (κ2) is 6.28. The van der Waals surface area contributed by atoms with Gasteiger partial charge in [-0.3, -0.25) is 0 Å². The van der Waals surface area contributed by atoms with Crippen LogP contribution in [0.25, 0.3) is 0 Å². The molecule has 5 heteroatoms. The highest BCUT2D eigenvalue weighted by atomic mass is 32.2. The van der Waals surface area contributed by atoms with E-state index in [1.54, 1.807) is 31.2 Å². The van der Waals surface area contributed by atoms with Crippen LogP contribution >= 0.6 is 0 Å². The van der Waals surface area contributed by atoms with E-state index in [0.29, 0.717) is 5.75 Å². The van der Waals surface area contributed by atoms with Crippen LogP contribution < -0.4 is 10.5 Å². The predicted octanol–water partition coefficient (Wildman–Crippen LogP) is 2.56. The van der Waals surface area contributed by atoms with Gasteiger partial charge in [0.1, 0.15) is 5.75 Å². The zero-order valence-corrected chi connectivity index (χ0v) is 12.9. The summed E-state index contributed by atoms with van der Waals surface area (Å²) in [7, 11) is -1.95. The van der Waals surface area contributed by atoms with Crippen molar-refractivity contribution in [3.63, 3.8) is 0 Å². The van der Waals surface area contributed by atoms with Crippen LogP contribution in [0.5, 0.6) is 5.75 Å². The molecule has 2 unspecified atom stereocenters. The molecule has 0 saturated heterocycles. The average Bonchev–Trinajstić information content (AvgIpc) is 2.54. The van der Waals surface area contributed by atoms with Crippen molar-refractivity contribution in [2.75, 3.05) is 7.11 Å². The summed E-state index contributed by atoms with van der Waals surface area (Å²) < 4.78 is 30.3. The summed E-state index contributed by atoms with van der Waals surface area (Å²) >= 11 is 0. The van der Waals surface area contributed by atoms with E-state index in [-0.39, 0.29) is 4.90 Å². The number of rotatable bonds is 5. The first kappa shape index (κ1) is 15.5. The Morgan fingerprint density at radius 2 is 1.57 bits per heavy atom. The SMILES string of the molecule is COc1ccc(S(=O)(=O)C(C)C(N)c2ccccc2)cc1. The lowest BCUT2D eigenvalue weighted by Crippen LogP contribution is -2.31. The van der Waals surface area contributed by atoms with Gasteiger partial charge in [0.2, 0.25) is 0 Å². The molecular weight excluding hydrogens is 286 g/mol. The molecule has 21 heavy (non-hydrogen) atoms. The number of nitrogens with two attached hydrogens (primary N) is 1. The summed E-state index contributed by atoms with van der Waals surface area (Å²) in [5.74, 6) is 0.619. The molecule has 2 aromatic carbocycles. The number of ether oxygens (including phenoxy) is 1. The van der Waals surface area contributed by atoms with Crippen LogP contribution in [0.3, 0.4) is 0 Å². The fourth-order valence-electron chi connectivity index (χ4n) is 2.12. The largest absolute Gasteiger partial charge is 0.497 e. The van der Waals surface area contributed by atoms with Crippen molar-refractivity contribution in [3.05, 3.63) is 60.2 Å². The minimum atomic E-state index is -3.49. The van der Waals surface area contributed by atoms with Crippen LogP contribution in [0, 0.1) is 0 Å². The molecule has 0 heterocycles. The third-order valence-electron chi connectivity index (χ3n) is 3.57. The van der Waals surface area contributed by atoms with Crippen molar-refractivity contribution in [3.8, 4) is 5.75 Å². The molecule has 2 rings (SSSR count). The third-order valence-corrected chi connectivity index (χ3v) is 5.77. The molecule has 0 fully saturated rings. The Morgan fingerprint density at radius 3 is 2.10 bits per heavy atom. The van der Waals surface area contributed by atoms with Gasteiger partial charge in [0.15, 0.2) is 9.84 Å². The minimum absolute atomic E-state index is 0.252. The molecule has 2 N–H and O–H groups in total. The van der Waals surface area contributed by atoms with Gasteiger partial charge in [-0.15, -0.1) is 0 Å². The zero-order chi connectivity index (χ0) is 15.5. The zero-order valence-electron chi connectivity index (χ0n) is 12.1. The van der Waals surface area contributed by atoms with Gasteiger partial charge in [0, 0.05) is 6.04 Å². The fraction of sp³-hybridized carbons (Fsp3) is 0.250. The molecule has 0 amide bonds. The second-order valence-electron chi connectivity index (χ2n) is 4.86. The monoisotopic (exact) mass is 305 g/mol. The van der Waals surface area contributed by atoms with Gasteiger partial charge in [-0.25, -0.2) is 8.42 Å². The Kier molecular flexibility index (Phi) is 4.65. The van der Waals surface area contributed by atoms with E-state index in [1.165, 1.54) is 7.11 Å². The highest BCUT2D eigenvalue weighted by Crippen LogP contribution is 2.26. The number of hydrogen-bond acceptors (Lipinski definition) is 4. The van der Waals surface area contributed by atoms with Crippen LogP contribution in [0.2, 0.25) is 0 Å². The minimum Gasteiger partial charge on any atom is -0.497 e. The van der Waals surface area contributed by atoms with E-state index in [9.17, 15) is 8.42 Å². The van der Waals surface area contributed by atoms with Gasteiger partial charge in [-0.2, -0.15) is 0 Å². The summed E-state index contributed by atoms with van der Waals surface area (Å²) in [5.41, 5.74) is 6.92.